The Hall–Kier alpha value is -4.85. The quantitative estimate of drug-likeness (QED) is 0.270. The lowest BCUT2D eigenvalue weighted by molar-refractivity contribution is 0.251. The summed E-state index contributed by atoms with van der Waals surface area (Å²) in [4.78, 5) is 28.6. The van der Waals surface area contributed by atoms with Crippen LogP contribution in [-0.4, -0.2) is 17.0 Å². The standard InChI is InChI=1S/C27H25N5O3/c33-26(29-18-20-11-13-25(14-12-20)35-19-21-6-5-15-28-17-21)31-23-9-4-10-24(16-23)32-27(34)30-22-7-2-1-3-8-22/h1-17H,18-19H2,(H2,29,31,33)(H2,30,32,34). The highest BCUT2D eigenvalue weighted by Gasteiger charge is 2.06. The van der Waals surface area contributed by atoms with Gasteiger partial charge in [-0.05, 0) is 54.1 Å². The number of urea groups is 2. The average Bonchev–Trinajstić information content (AvgIpc) is 2.88. The summed E-state index contributed by atoms with van der Waals surface area (Å²) in [7, 11) is 0. The molecule has 4 rings (SSSR count). The number of hydrogen-bond acceptors (Lipinski definition) is 4. The topological polar surface area (TPSA) is 104 Å². The van der Waals surface area contributed by atoms with Crippen molar-refractivity contribution in [2.75, 3.05) is 16.0 Å². The number of hydrogen-bond donors (Lipinski definition) is 4. The predicted octanol–water partition coefficient (Wildman–Crippen LogP) is 5.63. The number of benzene rings is 3. The molecule has 0 fully saturated rings. The maximum Gasteiger partial charge on any atom is 0.323 e. The number of anilines is 3. The van der Waals surface area contributed by atoms with Gasteiger partial charge in [0.25, 0.3) is 0 Å². The van der Waals surface area contributed by atoms with Crippen LogP contribution in [0.25, 0.3) is 0 Å². The second kappa shape index (κ2) is 11.9. The number of carbonyl (C=O) groups is 2. The van der Waals surface area contributed by atoms with Gasteiger partial charge >= 0.3 is 12.1 Å². The molecule has 0 unspecified atom stereocenters. The molecule has 3 aromatic carbocycles. The lowest BCUT2D eigenvalue weighted by atomic mass is 10.2. The van der Waals surface area contributed by atoms with Crippen LogP contribution in [0.3, 0.4) is 0 Å². The van der Waals surface area contributed by atoms with E-state index in [0.717, 1.165) is 16.9 Å². The molecule has 0 radical (unpaired) electrons. The van der Waals surface area contributed by atoms with E-state index in [0.29, 0.717) is 30.2 Å². The zero-order chi connectivity index (χ0) is 24.3. The minimum atomic E-state index is -0.370. The largest absolute Gasteiger partial charge is 0.489 e. The second-order valence-electron chi connectivity index (χ2n) is 7.63. The number of nitrogens with one attached hydrogen (secondary N) is 4. The average molecular weight is 468 g/mol. The number of ether oxygens (including phenoxy) is 1. The summed E-state index contributed by atoms with van der Waals surface area (Å²) in [6.07, 6.45) is 3.49. The lowest BCUT2D eigenvalue weighted by Crippen LogP contribution is -2.28. The van der Waals surface area contributed by atoms with Crippen LogP contribution in [0.5, 0.6) is 5.75 Å². The SMILES string of the molecule is O=C(NCc1ccc(OCc2cccnc2)cc1)Nc1cccc(NC(=O)Nc2ccccc2)c1. The first kappa shape index (κ1) is 23.3. The van der Waals surface area contributed by atoms with Crippen LogP contribution in [0.1, 0.15) is 11.1 Å². The highest BCUT2D eigenvalue weighted by Crippen LogP contribution is 2.17. The zero-order valence-electron chi connectivity index (χ0n) is 18.9. The fraction of sp³-hybridized carbons (Fsp3) is 0.0741. The Balaban J connectivity index is 1.22. The van der Waals surface area contributed by atoms with E-state index in [-0.39, 0.29) is 12.1 Å². The summed E-state index contributed by atoms with van der Waals surface area (Å²) < 4.78 is 5.75. The van der Waals surface area contributed by atoms with E-state index in [9.17, 15) is 9.59 Å². The molecule has 4 aromatic rings. The van der Waals surface area contributed by atoms with Gasteiger partial charge in [0.15, 0.2) is 0 Å². The van der Waals surface area contributed by atoms with Crippen LogP contribution >= 0.6 is 0 Å². The third-order valence-corrected chi connectivity index (χ3v) is 4.91. The van der Waals surface area contributed by atoms with Crippen molar-refractivity contribution in [3.05, 3.63) is 115 Å². The molecule has 0 spiro atoms. The normalized spacial score (nSPS) is 10.2. The summed E-state index contributed by atoms with van der Waals surface area (Å²) in [6, 6.07) is 26.7. The maximum absolute atomic E-state index is 12.3. The van der Waals surface area contributed by atoms with E-state index in [1.165, 1.54) is 0 Å². The Labute approximate surface area is 203 Å². The number of nitrogens with zero attached hydrogens (tertiary/aromatic N) is 1. The van der Waals surface area contributed by atoms with Crippen LogP contribution in [-0.2, 0) is 13.2 Å². The number of pyridine rings is 1. The zero-order valence-corrected chi connectivity index (χ0v) is 18.9. The van der Waals surface area contributed by atoms with Gasteiger partial charge in [0, 0.05) is 41.6 Å². The summed E-state index contributed by atoms with van der Waals surface area (Å²) in [6.45, 7) is 0.793. The van der Waals surface area contributed by atoms with Gasteiger partial charge < -0.3 is 26.0 Å². The van der Waals surface area contributed by atoms with Crippen LogP contribution in [0.4, 0.5) is 26.7 Å². The predicted molar refractivity (Wildman–Crippen MR) is 136 cm³/mol. The molecule has 0 aliphatic rings. The Morgan fingerprint density at radius 3 is 2.09 bits per heavy atom. The van der Waals surface area contributed by atoms with Crippen LogP contribution in [0, 0.1) is 0 Å². The molecule has 8 heteroatoms. The molecule has 4 N–H and O–H groups in total. The third kappa shape index (κ3) is 7.61. The van der Waals surface area contributed by atoms with E-state index in [1.807, 2.05) is 54.6 Å². The van der Waals surface area contributed by atoms with Gasteiger partial charge in [-0.25, -0.2) is 9.59 Å². The van der Waals surface area contributed by atoms with Crippen LogP contribution in [0.2, 0.25) is 0 Å². The van der Waals surface area contributed by atoms with Crippen molar-refractivity contribution < 1.29 is 14.3 Å². The molecule has 0 aliphatic heterocycles. The van der Waals surface area contributed by atoms with Crippen LogP contribution in [0.15, 0.2) is 103 Å². The minimum Gasteiger partial charge on any atom is -0.489 e. The number of rotatable bonds is 8. The fourth-order valence-electron chi connectivity index (χ4n) is 3.20. The van der Waals surface area contributed by atoms with Crippen molar-refractivity contribution in [3.8, 4) is 5.75 Å². The van der Waals surface area contributed by atoms with E-state index in [2.05, 4.69) is 26.3 Å². The smallest absolute Gasteiger partial charge is 0.323 e. The first-order chi connectivity index (χ1) is 17.1. The molecule has 176 valence electrons. The Bertz CT molecular complexity index is 1250. The van der Waals surface area contributed by atoms with Gasteiger partial charge in [-0.1, -0.05) is 42.5 Å². The first-order valence-corrected chi connectivity index (χ1v) is 11.0. The molecule has 0 aliphatic carbocycles. The van der Waals surface area contributed by atoms with Gasteiger partial charge in [-0.2, -0.15) is 0 Å². The molecular weight excluding hydrogens is 442 g/mol. The van der Waals surface area contributed by atoms with Gasteiger partial charge in [0.05, 0.1) is 0 Å². The third-order valence-electron chi connectivity index (χ3n) is 4.91. The lowest BCUT2D eigenvalue weighted by Gasteiger charge is -2.11. The van der Waals surface area contributed by atoms with Crippen molar-refractivity contribution >= 4 is 29.1 Å². The molecule has 0 bridgehead atoms. The Morgan fingerprint density at radius 1 is 0.686 bits per heavy atom. The molecule has 0 saturated heterocycles. The second-order valence-corrected chi connectivity index (χ2v) is 7.63. The molecule has 1 heterocycles. The van der Waals surface area contributed by atoms with Crippen molar-refractivity contribution in [1.82, 2.24) is 10.3 Å². The van der Waals surface area contributed by atoms with Crippen LogP contribution < -0.4 is 26.0 Å². The minimum absolute atomic E-state index is 0.353. The molecule has 0 saturated carbocycles. The van der Waals surface area contributed by atoms with Gasteiger partial charge in [0.2, 0.25) is 0 Å². The fourth-order valence-corrected chi connectivity index (χ4v) is 3.20. The van der Waals surface area contributed by atoms with Crippen molar-refractivity contribution in [1.29, 1.82) is 0 Å². The Kier molecular flexibility index (Phi) is 7.89. The Morgan fingerprint density at radius 2 is 1.37 bits per heavy atom. The number of carbonyl (C=O) groups excluding carboxylic acids is 2. The summed E-state index contributed by atoms with van der Waals surface area (Å²) >= 11 is 0. The number of amides is 4. The summed E-state index contributed by atoms with van der Waals surface area (Å²) in [5.41, 5.74) is 3.72. The molecule has 8 nitrogen and oxygen atoms in total. The molecule has 4 amide bonds. The van der Waals surface area contributed by atoms with E-state index in [4.69, 9.17) is 4.74 Å². The molecular formula is C27H25N5O3. The monoisotopic (exact) mass is 467 g/mol. The number of aromatic nitrogens is 1. The van der Waals surface area contributed by atoms with Crippen molar-refractivity contribution in [3.63, 3.8) is 0 Å². The summed E-state index contributed by atoms with van der Waals surface area (Å²) in [5.74, 6) is 0.739. The number of para-hydroxylation sites is 1. The van der Waals surface area contributed by atoms with Crippen molar-refractivity contribution in [2.45, 2.75) is 13.2 Å². The van der Waals surface area contributed by atoms with Crippen molar-refractivity contribution in [2.24, 2.45) is 0 Å². The van der Waals surface area contributed by atoms with Gasteiger partial charge in [0.1, 0.15) is 12.4 Å². The highest BCUT2D eigenvalue weighted by molar-refractivity contribution is 6.00. The van der Waals surface area contributed by atoms with E-state index in [1.54, 1.807) is 48.8 Å². The molecule has 0 atom stereocenters. The highest BCUT2D eigenvalue weighted by atomic mass is 16.5. The van der Waals surface area contributed by atoms with E-state index < -0.39 is 0 Å². The van der Waals surface area contributed by atoms with Gasteiger partial charge in [-0.3, -0.25) is 4.98 Å². The first-order valence-electron chi connectivity index (χ1n) is 11.0. The molecule has 1 aromatic heterocycles. The summed E-state index contributed by atoms with van der Waals surface area (Å²) in [5, 5.41) is 11.1. The molecule has 35 heavy (non-hydrogen) atoms. The maximum atomic E-state index is 12.3. The van der Waals surface area contributed by atoms with Gasteiger partial charge in [-0.15, -0.1) is 0 Å². The van der Waals surface area contributed by atoms with E-state index >= 15 is 0 Å².